The van der Waals surface area contributed by atoms with Crippen LogP contribution in [0.15, 0.2) is 60.9 Å². The molecule has 2 aromatic carbocycles. The van der Waals surface area contributed by atoms with Gasteiger partial charge in [-0.05, 0) is 41.8 Å². The standard InChI is InChI=1S/C22H21N3O3S/c1-27-17-8-6-15(7-9-17)10-11-23-21(26)19-13-25-14-20(29-22(25)24-19)16-4-3-5-18(12-16)28-2/h3-9,12-14H,10-11H2,1-2H3,(H,23,26). The van der Waals surface area contributed by atoms with Crippen LogP contribution in [0.2, 0.25) is 0 Å². The van der Waals surface area contributed by atoms with E-state index in [1.807, 2.05) is 59.1 Å². The summed E-state index contributed by atoms with van der Waals surface area (Å²) in [5.74, 6) is 1.46. The van der Waals surface area contributed by atoms with E-state index in [2.05, 4.69) is 10.3 Å². The first-order valence-corrected chi connectivity index (χ1v) is 10.0. The van der Waals surface area contributed by atoms with Crippen LogP contribution in [-0.2, 0) is 6.42 Å². The number of ether oxygens (including phenoxy) is 2. The highest BCUT2D eigenvalue weighted by molar-refractivity contribution is 7.20. The second-order valence-electron chi connectivity index (χ2n) is 6.50. The molecule has 2 heterocycles. The number of methoxy groups -OCH3 is 2. The van der Waals surface area contributed by atoms with Gasteiger partial charge in [0.2, 0.25) is 0 Å². The number of aromatic nitrogens is 2. The third-order valence-electron chi connectivity index (χ3n) is 4.60. The number of hydrogen-bond acceptors (Lipinski definition) is 5. The summed E-state index contributed by atoms with van der Waals surface area (Å²) in [7, 11) is 3.30. The molecule has 148 valence electrons. The van der Waals surface area contributed by atoms with E-state index in [4.69, 9.17) is 9.47 Å². The van der Waals surface area contributed by atoms with E-state index in [-0.39, 0.29) is 5.91 Å². The quantitative estimate of drug-likeness (QED) is 0.502. The van der Waals surface area contributed by atoms with Gasteiger partial charge in [-0.3, -0.25) is 9.20 Å². The molecule has 0 atom stereocenters. The number of hydrogen-bond donors (Lipinski definition) is 1. The molecule has 0 saturated carbocycles. The number of benzene rings is 2. The number of thiazole rings is 1. The third-order valence-corrected chi connectivity index (χ3v) is 5.65. The number of carbonyl (C=O) groups is 1. The van der Waals surface area contributed by atoms with Gasteiger partial charge in [0.15, 0.2) is 4.96 Å². The molecule has 2 aromatic heterocycles. The van der Waals surface area contributed by atoms with Crippen molar-refractivity contribution in [1.82, 2.24) is 14.7 Å². The second kappa shape index (κ2) is 8.36. The van der Waals surface area contributed by atoms with Gasteiger partial charge in [-0.25, -0.2) is 4.98 Å². The van der Waals surface area contributed by atoms with Crippen LogP contribution in [0.4, 0.5) is 0 Å². The molecule has 0 fully saturated rings. The summed E-state index contributed by atoms with van der Waals surface area (Å²) in [6, 6.07) is 15.7. The number of fused-ring (bicyclic) bond motifs is 1. The van der Waals surface area contributed by atoms with E-state index >= 15 is 0 Å². The maximum atomic E-state index is 12.4. The van der Waals surface area contributed by atoms with Gasteiger partial charge in [0.1, 0.15) is 17.2 Å². The van der Waals surface area contributed by atoms with E-state index in [0.29, 0.717) is 12.2 Å². The van der Waals surface area contributed by atoms with Crippen LogP contribution in [0.25, 0.3) is 15.4 Å². The molecule has 4 rings (SSSR count). The fourth-order valence-corrected chi connectivity index (χ4v) is 3.98. The van der Waals surface area contributed by atoms with Gasteiger partial charge in [0, 0.05) is 18.9 Å². The number of imidazole rings is 1. The second-order valence-corrected chi connectivity index (χ2v) is 7.51. The van der Waals surface area contributed by atoms with Crippen molar-refractivity contribution in [2.75, 3.05) is 20.8 Å². The maximum Gasteiger partial charge on any atom is 0.271 e. The van der Waals surface area contributed by atoms with Gasteiger partial charge in [0.25, 0.3) is 5.91 Å². The number of amides is 1. The predicted molar refractivity (Wildman–Crippen MR) is 114 cm³/mol. The van der Waals surface area contributed by atoms with Gasteiger partial charge in [-0.2, -0.15) is 0 Å². The molecular formula is C22H21N3O3S. The summed E-state index contributed by atoms with van der Waals surface area (Å²) in [5, 5.41) is 2.93. The van der Waals surface area contributed by atoms with Gasteiger partial charge in [-0.1, -0.05) is 35.6 Å². The zero-order valence-electron chi connectivity index (χ0n) is 16.2. The Morgan fingerprint density at radius 1 is 1.07 bits per heavy atom. The van der Waals surface area contributed by atoms with Crippen molar-refractivity contribution in [2.24, 2.45) is 0 Å². The Labute approximate surface area is 172 Å². The average molecular weight is 407 g/mol. The fourth-order valence-electron chi connectivity index (χ4n) is 3.02. The highest BCUT2D eigenvalue weighted by atomic mass is 32.1. The molecule has 0 radical (unpaired) electrons. The Morgan fingerprint density at radius 3 is 2.59 bits per heavy atom. The van der Waals surface area contributed by atoms with Crippen molar-refractivity contribution in [1.29, 1.82) is 0 Å². The van der Waals surface area contributed by atoms with Gasteiger partial charge in [-0.15, -0.1) is 0 Å². The first-order chi connectivity index (χ1) is 14.2. The van der Waals surface area contributed by atoms with Crippen LogP contribution >= 0.6 is 11.3 Å². The highest BCUT2D eigenvalue weighted by Gasteiger charge is 2.13. The van der Waals surface area contributed by atoms with Crippen molar-refractivity contribution in [3.63, 3.8) is 0 Å². The number of carbonyl (C=O) groups excluding carboxylic acids is 1. The molecule has 0 bridgehead atoms. The molecule has 1 amide bonds. The average Bonchev–Trinajstić information content (AvgIpc) is 3.34. The predicted octanol–water partition coefficient (Wildman–Crippen LogP) is 4.05. The summed E-state index contributed by atoms with van der Waals surface area (Å²) in [5.41, 5.74) is 2.62. The normalized spacial score (nSPS) is 10.8. The van der Waals surface area contributed by atoms with Crippen molar-refractivity contribution in [3.05, 3.63) is 72.2 Å². The Morgan fingerprint density at radius 2 is 1.86 bits per heavy atom. The summed E-state index contributed by atoms with van der Waals surface area (Å²) in [6.45, 7) is 0.547. The van der Waals surface area contributed by atoms with Crippen LogP contribution in [0, 0.1) is 0 Å². The molecule has 29 heavy (non-hydrogen) atoms. The molecule has 7 heteroatoms. The fraction of sp³-hybridized carbons (Fsp3) is 0.182. The van der Waals surface area contributed by atoms with Gasteiger partial charge >= 0.3 is 0 Å². The molecule has 0 aliphatic rings. The van der Waals surface area contributed by atoms with Crippen LogP contribution in [0.3, 0.4) is 0 Å². The summed E-state index contributed by atoms with van der Waals surface area (Å²) in [6.07, 6.45) is 4.49. The Hall–Kier alpha value is -3.32. The summed E-state index contributed by atoms with van der Waals surface area (Å²) in [4.78, 5) is 18.7. The van der Waals surface area contributed by atoms with Crippen LogP contribution < -0.4 is 14.8 Å². The SMILES string of the molecule is COc1ccc(CCNC(=O)c2cn3cc(-c4cccc(OC)c4)sc3n2)cc1. The molecule has 4 aromatic rings. The minimum Gasteiger partial charge on any atom is -0.497 e. The van der Waals surface area contributed by atoms with Crippen molar-refractivity contribution in [3.8, 4) is 21.9 Å². The molecule has 0 aliphatic heterocycles. The third kappa shape index (κ3) is 4.25. The van der Waals surface area contributed by atoms with Crippen LogP contribution in [0.1, 0.15) is 16.1 Å². The van der Waals surface area contributed by atoms with Gasteiger partial charge < -0.3 is 14.8 Å². The van der Waals surface area contributed by atoms with E-state index in [9.17, 15) is 4.79 Å². The Bertz CT molecular complexity index is 1100. The van der Waals surface area contributed by atoms with E-state index in [0.717, 1.165) is 38.9 Å². The lowest BCUT2D eigenvalue weighted by Crippen LogP contribution is -2.25. The van der Waals surface area contributed by atoms with E-state index < -0.39 is 0 Å². The maximum absolute atomic E-state index is 12.4. The Kier molecular flexibility index (Phi) is 5.48. The minimum absolute atomic E-state index is 0.169. The number of nitrogens with one attached hydrogen (secondary N) is 1. The first kappa shape index (κ1) is 19.0. The number of rotatable bonds is 7. The molecular weight excluding hydrogens is 386 g/mol. The minimum atomic E-state index is -0.169. The summed E-state index contributed by atoms with van der Waals surface area (Å²) < 4.78 is 12.3. The topological polar surface area (TPSA) is 64.9 Å². The Balaban J connectivity index is 1.40. The number of nitrogens with zero attached hydrogens (tertiary/aromatic N) is 2. The monoisotopic (exact) mass is 407 g/mol. The lowest BCUT2D eigenvalue weighted by atomic mass is 10.1. The van der Waals surface area contributed by atoms with Crippen molar-refractivity contribution < 1.29 is 14.3 Å². The molecule has 6 nitrogen and oxygen atoms in total. The molecule has 0 aliphatic carbocycles. The molecule has 0 spiro atoms. The largest absolute Gasteiger partial charge is 0.497 e. The molecule has 1 N–H and O–H groups in total. The molecule has 0 saturated heterocycles. The molecule has 0 unspecified atom stereocenters. The van der Waals surface area contributed by atoms with E-state index in [1.165, 1.54) is 11.3 Å². The zero-order valence-corrected chi connectivity index (χ0v) is 17.0. The lowest BCUT2D eigenvalue weighted by molar-refractivity contribution is 0.0950. The van der Waals surface area contributed by atoms with E-state index in [1.54, 1.807) is 20.4 Å². The highest BCUT2D eigenvalue weighted by Crippen LogP contribution is 2.30. The van der Waals surface area contributed by atoms with Crippen molar-refractivity contribution in [2.45, 2.75) is 6.42 Å². The smallest absolute Gasteiger partial charge is 0.271 e. The van der Waals surface area contributed by atoms with Crippen molar-refractivity contribution >= 4 is 22.2 Å². The first-order valence-electron chi connectivity index (χ1n) is 9.20. The van der Waals surface area contributed by atoms with Gasteiger partial charge in [0.05, 0.1) is 19.1 Å². The lowest BCUT2D eigenvalue weighted by Gasteiger charge is -2.05. The zero-order chi connectivity index (χ0) is 20.2. The van der Waals surface area contributed by atoms with Crippen LogP contribution in [0.5, 0.6) is 11.5 Å². The van der Waals surface area contributed by atoms with Crippen LogP contribution in [-0.4, -0.2) is 36.1 Å². The summed E-state index contributed by atoms with van der Waals surface area (Å²) >= 11 is 1.54.